The van der Waals surface area contributed by atoms with Crippen LogP contribution in [0, 0.1) is 0 Å². The Morgan fingerprint density at radius 1 is 1.33 bits per heavy atom. The highest BCUT2D eigenvalue weighted by atomic mass is 16.5. The van der Waals surface area contributed by atoms with Crippen molar-refractivity contribution < 1.29 is 24.5 Å². The van der Waals surface area contributed by atoms with E-state index in [1.807, 2.05) is 0 Å². The predicted octanol–water partition coefficient (Wildman–Crippen LogP) is -0.213. The van der Waals surface area contributed by atoms with Gasteiger partial charge in [-0.25, -0.2) is 0 Å². The van der Waals surface area contributed by atoms with Gasteiger partial charge in [0.1, 0.15) is 0 Å². The summed E-state index contributed by atoms with van der Waals surface area (Å²) in [6, 6.07) is 4.75. The summed E-state index contributed by atoms with van der Waals surface area (Å²) in [4.78, 5) is 11.7. The van der Waals surface area contributed by atoms with Crippen molar-refractivity contribution in [2.24, 2.45) is 0 Å². The van der Waals surface area contributed by atoms with Gasteiger partial charge in [0, 0.05) is 12.1 Å². The van der Waals surface area contributed by atoms with Crippen molar-refractivity contribution in [3.63, 3.8) is 0 Å². The third kappa shape index (κ3) is 3.61. The quantitative estimate of drug-likeness (QED) is 0.654. The van der Waals surface area contributed by atoms with Crippen LogP contribution in [0.5, 0.6) is 11.5 Å². The number of ether oxygens (including phenoxy) is 2. The molecule has 18 heavy (non-hydrogen) atoms. The van der Waals surface area contributed by atoms with Gasteiger partial charge in [-0.05, 0) is 18.2 Å². The van der Waals surface area contributed by atoms with Crippen LogP contribution in [0.4, 0.5) is 0 Å². The second-order valence-electron chi connectivity index (χ2n) is 3.62. The molecular weight excluding hydrogens is 238 g/mol. The highest BCUT2D eigenvalue weighted by Crippen LogP contribution is 2.27. The van der Waals surface area contributed by atoms with Crippen molar-refractivity contribution in [2.45, 2.75) is 6.10 Å². The molecule has 1 aromatic rings. The minimum atomic E-state index is -0.964. The average molecular weight is 255 g/mol. The number of methoxy groups -OCH3 is 2. The first-order valence-electron chi connectivity index (χ1n) is 5.41. The van der Waals surface area contributed by atoms with Gasteiger partial charge in [0.2, 0.25) is 0 Å². The van der Waals surface area contributed by atoms with Crippen molar-refractivity contribution >= 4 is 5.91 Å². The molecule has 0 fully saturated rings. The first kappa shape index (κ1) is 14.3. The molecule has 1 amide bonds. The molecule has 0 saturated carbocycles. The Balaban J connectivity index is 2.74. The molecule has 0 aliphatic rings. The average Bonchev–Trinajstić information content (AvgIpc) is 2.43. The molecule has 0 spiro atoms. The molecule has 0 aliphatic heterocycles. The van der Waals surface area contributed by atoms with E-state index in [-0.39, 0.29) is 12.5 Å². The van der Waals surface area contributed by atoms with Crippen LogP contribution in [-0.2, 0) is 0 Å². The third-order valence-electron chi connectivity index (χ3n) is 2.35. The van der Waals surface area contributed by atoms with Gasteiger partial charge in [-0.15, -0.1) is 0 Å². The lowest BCUT2D eigenvalue weighted by molar-refractivity contribution is 0.0801. The number of hydrogen-bond donors (Lipinski definition) is 3. The number of aliphatic hydroxyl groups excluding tert-OH is 2. The van der Waals surface area contributed by atoms with E-state index in [0.29, 0.717) is 17.1 Å². The summed E-state index contributed by atoms with van der Waals surface area (Å²) in [5, 5.41) is 20.3. The number of carbonyl (C=O) groups excluding carboxylic acids is 1. The van der Waals surface area contributed by atoms with Crippen LogP contribution in [0.25, 0.3) is 0 Å². The minimum Gasteiger partial charge on any atom is -0.493 e. The highest BCUT2D eigenvalue weighted by molar-refractivity contribution is 5.94. The van der Waals surface area contributed by atoms with Gasteiger partial charge in [0.15, 0.2) is 11.5 Å². The van der Waals surface area contributed by atoms with E-state index < -0.39 is 12.7 Å². The topological polar surface area (TPSA) is 88.0 Å². The van der Waals surface area contributed by atoms with E-state index in [1.54, 1.807) is 18.2 Å². The highest BCUT2D eigenvalue weighted by Gasteiger charge is 2.11. The van der Waals surface area contributed by atoms with E-state index in [9.17, 15) is 4.79 Å². The molecule has 1 rings (SSSR count). The van der Waals surface area contributed by atoms with Crippen molar-refractivity contribution in [1.82, 2.24) is 5.32 Å². The Morgan fingerprint density at radius 2 is 2.00 bits per heavy atom. The lowest BCUT2D eigenvalue weighted by Crippen LogP contribution is -2.33. The number of aliphatic hydroxyl groups is 2. The Hall–Kier alpha value is -1.79. The lowest BCUT2D eigenvalue weighted by atomic mass is 10.2. The maximum atomic E-state index is 11.7. The van der Waals surface area contributed by atoms with Gasteiger partial charge in [-0.2, -0.15) is 0 Å². The molecule has 0 saturated heterocycles. The fourth-order valence-corrected chi connectivity index (χ4v) is 1.35. The summed E-state index contributed by atoms with van der Waals surface area (Å²) < 4.78 is 10.1. The van der Waals surface area contributed by atoms with Crippen molar-refractivity contribution in [3.05, 3.63) is 23.8 Å². The van der Waals surface area contributed by atoms with E-state index in [1.165, 1.54) is 14.2 Å². The Bertz CT molecular complexity index is 407. The Morgan fingerprint density at radius 3 is 2.56 bits per heavy atom. The molecule has 1 atom stereocenters. The molecule has 0 radical (unpaired) electrons. The first-order valence-corrected chi connectivity index (χ1v) is 5.41. The normalized spacial score (nSPS) is 11.8. The van der Waals surface area contributed by atoms with Gasteiger partial charge < -0.3 is 25.0 Å². The number of nitrogens with one attached hydrogen (secondary N) is 1. The van der Waals surface area contributed by atoms with Gasteiger partial charge in [-0.1, -0.05) is 0 Å². The zero-order valence-corrected chi connectivity index (χ0v) is 10.3. The number of amides is 1. The molecule has 6 heteroatoms. The van der Waals surface area contributed by atoms with Crippen molar-refractivity contribution in [2.75, 3.05) is 27.4 Å². The molecule has 6 nitrogen and oxygen atoms in total. The summed E-state index contributed by atoms with van der Waals surface area (Å²) in [6.45, 7) is -0.407. The molecular formula is C12H17NO5. The fourth-order valence-electron chi connectivity index (χ4n) is 1.35. The molecule has 0 bridgehead atoms. The van der Waals surface area contributed by atoms with Crippen LogP contribution in [0.2, 0.25) is 0 Å². The molecule has 0 heterocycles. The largest absolute Gasteiger partial charge is 0.493 e. The minimum absolute atomic E-state index is 0.0102. The number of hydrogen-bond acceptors (Lipinski definition) is 5. The zero-order valence-electron chi connectivity index (χ0n) is 10.3. The third-order valence-corrected chi connectivity index (χ3v) is 2.35. The molecule has 100 valence electrons. The maximum absolute atomic E-state index is 11.7. The fraction of sp³-hybridized carbons (Fsp3) is 0.417. The van der Waals surface area contributed by atoms with Gasteiger partial charge in [0.25, 0.3) is 5.91 Å². The van der Waals surface area contributed by atoms with Crippen molar-refractivity contribution in [1.29, 1.82) is 0 Å². The summed E-state index contributed by atoms with van der Waals surface area (Å²) in [5.41, 5.74) is 0.387. The lowest BCUT2D eigenvalue weighted by Gasteiger charge is -2.11. The SMILES string of the molecule is COc1ccc(C(=O)NCC(O)CO)cc1OC. The second-order valence-corrected chi connectivity index (χ2v) is 3.62. The van der Waals surface area contributed by atoms with Crippen molar-refractivity contribution in [3.8, 4) is 11.5 Å². The summed E-state index contributed by atoms with van der Waals surface area (Å²) >= 11 is 0. The van der Waals surface area contributed by atoms with Crippen LogP contribution in [0.15, 0.2) is 18.2 Å². The van der Waals surface area contributed by atoms with Gasteiger partial charge >= 0.3 is 0 Å². The maximum Gasteiger partial charge on any atom is 0.251 e. The van der Waals surface area contributed by atoms with Crippen LogP contribution in [0.1, 0.15) is 10.4 Å². The number of benzene rings is 1. The Kier molecular flexibility index (Phi) is 5.41. The second kappa shape index (κ2) is 6.83. The summed E-state index contributed by atoms with van der Waals surface area (Å²) in [6.07, 6.45) is -0.964. The molecule has 0 aliphatic carbocycles. The number of carbonyl (C=O) groups is 1. The van der Waals surface area contributed by atoms with E-state index in [0.717, 1.165) is 0 Å². The van der Waals surface area contributed by atoms with E-state index in [2.05, 4.69) is 5.32 Å². The molecule has 0 aromatic heterocycles. The van der Waals surface area contributed by atoms with Gasteiger partial charge in [-0.3, -0.25) is 4.79 Å². The van der Waals surface area contributed by atoms with E-state index >= 15 is 0 Å². The smallest absolute Gasteiger partial charge is 0.251 e. The summed E-state index contributed by atoms with van der Waals surface area (Å²) in [5.74, 6) is 0.626. The van der Waals surface area contributed by atoms with E-state index in [4.69, 9.17) is 19.7 Å². The zero-order chi connectivity index (χ0) is 13.5. The predicted molar refractivity (Wildman–Crippen MR) is 65.0 cm³/mol. The van der Waals surface area contributed by atoms with Crippen LogP contribution < -0.4 is 14.8 Å². The molecule has 1 unspecified atom stereocenters. The van der Waals surface area contributed by atoms with Crippen LogP contribution >= 0.6 is 0 Å². The standard InChI is InChI=1S/C12H17NO5/c1-17-10-4-3-8(5-11(10)18-2)12(16)13-6-9(15)7-14/h3-5,9,14-15H,6-7H2,1-2H3,(H,13,16). The Labute approximate surface area is 105 Å². The number of rotatable bonds is 6. The van der Waals surface area contributed by atoms with Crippen LogP contribution in [0.3, 0.4) is 0 Å². The molecule has 3 N–H and O–H groups in total. The molecule has 1 aromatic carbocycles. The van der Waals surface area contributed by atoms with Gasteiger partial charge in [0.05, 0.1) is 26.9 Å². The monoisotopic (exact) mass is 255 g/mol. The first-order chi connectivity index (χ1) is 8.62. The summed E-state index contributed by atoms with van der Waals surface area (Å²) in [7, 11) is 2.99. The van der Waals surface area contributed by atoms with Crippen LogP contribution in [-0.4, -0.2) is 49.6 Å².